The molecule has 25 heavy (non-hydrogen) atoms. The van der Waals surface area contributed by atoms with Gasteiger partial charge in [-0.1, -0.05) is 0 Å². The summed E-state index contributed by atoms with van der Waals surface area (Å²) in [5, 5.41) is 9.88. The number of ether oxygens (including phenoxy) is 1. The van der Waals surface area contributed by atoms with Gasteiger partial charge >= 0.3 is 5.97 Å². The summed E-state index contributed by atoms with van der Waals surface area (Å²) in [6, 6.07) is 6.77. The number of carbonyl (C=O) groups is 1. The summed E-state index contributed by atoms with van der Waals surface area (Å²) >= 11 is 0. The summed E-state index contributed by atoms with van der Waals surface area (Å²) in [6.07, 6.45) is 7.36. The number of likely N-dealkylation sites (tertiary alicyclic amines) is 1. The number of likely N-dealkylation sites (N-methyl/N-ethyl adjacent to an activating group) is 1. The van der Waals surface area contributed by atoms with Gasteiger partial charge in [0.15, 0.2) is 0 Å². The minimum Gasteiger partial charge on any atom is -0.494 e. The number of carboxylic acid groups (broad SMARTS) is 1. The van der Waals surface area contributed by atoms with Gasteiger partial charge in [-0.15, -0.1) is 12.4 Å². The highest BCUT2D eigenvalue weighted by atomic mass is 35.5. The second-order valence-electron chi connectivity index (χ2n) is 6.70. The zero-order chi connectivity index (χ0) is 16.9. The van der Waals surface area contributed by atoms with Gasteiger partial charge in [0, 0.05) is 29.6 Å². The van der Waals surface area contributed by atoms with Crippen LogP contribution in [-0.4, -0.2) is 47.2 Å². The average molecular weight is 367 g/mol. The number of H-pyrrole nitrogens is 1. The fraction of sp³-hybridized carbons (Fsp3) is 0.526. The van der Waals surface area contributed by atoms with Crippen LogP contribution in [0.3, 0.4) is 0 Å². The molecule has 0 amide bonds. The van der Waals surface area contributed by atoms with Crippen molar-refractivity contribution in [1.29, 1.82) is 0 Å². The fourth-order valence-corrected chi connectivity index (χ4v) is 3.48. The Kier molecular flexibility index (Phi) is 7.14. The van der Waals surface area contributed by atoms with Gasteiger partial charge in [-0.05, 0) is 69.5 Å². The third-order valence-corrected chi connectivity index (χ3v) is 4.92. The van der Waals surface area contributed by atoms with Crippen molar-refractivity contribution >= 4 is 29.3 Å². The molecule has 1 aliphatic heterocycles. The number of nitrogens with one attached hydrogen (secondary N) is 1. The maximum atomic E-state index is 10.5. The van der Waals surface area contributed by atoms with Gasteiger partial charge in [-0.25, -0.2) is 0 Å². The lowest BCUT2D eigenvalue weighted by Gasteiger charge is -2.18. The molecule has 0 aliphatic carbocycles. The number of unbranched alkanes of at least 4 members (excludes halogenated alkanes) is 1. The summed E-state index contributed by atoms with van der Waals surface area (Å²) in [6.45, 7) is 1.75. The summed E-state index contributed by atoms with van der Waals surface area (Å²) < 4.78 is 5.79. The molecule has 2 N–H and O–H groups in total. The predicted molar refractivity (Wildman–Crippen MR) is 102 cm³/mol. The molecule has 1 aliphatic rings. The highest BCUT2D eigenvalue weighted by Crippen LogP contribution is 2.27. The SMILES string of the molecule is CN1CCCC1Cc1c[nH]c2ccc(OCCCCC(=O)O)cc12.Cl. The molecule has 0 radical (unpaired) electrons. The van der Waals surface area contributed by atoms with E-state index < -0.39 is 5.97 Å². The number of aliphatic carboxylic acids is 1. The molecule has 1 atom stereocenters. The molecule has 1 aromatic heterocycles. The van der Waals surface area contributed by atoms with E-state index in [0.29, 0.717) is 19.1 Å². The van der Waals surface area contributed by atoms with Crippen molar-refractivity contribution < 1.29 is 14.6 Å². The Morgan fingerprint density at radius 2 is 2.24 bits per heavy atom. The fourth-order valence-electron chi connectivity index (χ4n) is 3.48. The van der Waals surface area contributed by atoms with Crippen LogP contribution in [0.1, 0.15) is 37.7 Å². The lowest BCUT2D eigenvalue weighted by atomic mass is 10.0. The molecule has 0 spiro atoms. The summed E-state index contributed by atoms with van der Waals surface area (Å²) in [4.78, 5) is 16.3. The zero-order valence-electron chi connectivity index (χ0n) is 14.7. The molecular weight excluding hydrogens is 340 g/mol. The van der Waals surface area contributed by atoms with E-state index in [1.807, 2.05) is 6.07 Å². The molecule has 0 bridgehead atoms. The van der Waals surface area contributed by atoms with Gasteiger partial charge in [-0.3, -0.25) is 4.79 Å². The maximum absolute atomic E-state index is 10.5. The third-order valence-electron chi connectivity index (χ3n) is 4.92. The van der Waals surface area contributed by atoms with E-state index in [9.17, 15) is 4.79 Å². The molecule has 6 heteroatoms. The van der Waals surface area contributed by atoms with Gasteiger partial charge in [0.1, 0.15) is 5.75 Å². The van der Waals surface area contributed by atoms with E-state index in [1.165, 1.54) is 30.3 Å². The van der Waals surface area contributed by atoms with Gasteiger partial charge < -0.3 is 19.7 Å². The Hall–Kier alpha value is -1.72. The number of rotatable bonds is 8. The lowest BCUT2D eigenvalue weighted by Crippen LogP contribution is -2.26. The highest BCUT2D eigenvalue weighted by molar-refractivity contribution is 5.85. The van der Waals surface area contributed by atoms with E-state index in [0.717, 1.165) is 24.1 Å². The van der Waals surface area contributed by atoms with Crippen molar-refractivity contribution in [2.24, 2.45) is 0 Å². The van der Waals surface area contributed by atoms with Crippen molar-refractivity contribution in [2.45, 2.75) is 44.6 Å². The number of aromatic amines is 1. The number of halogens is 1. The third kappa shape index (κ3) is 5.13. The van der Waals surface area contributed by atoms with Gasteiger partial charge in [0.2, 0.25) is 0 Å². The molecule has 138 valence electrons. The van der Waals surface area contributed by atoms with Gasteiger partial charge in [-0.2, -0.15) is 0 Å². The van der Waals surface area contributed by atoms with E-state index >= 15 is 0 Å². The van der Waals surface area contributed by atoms with Crippen LogP contribution in [-0.2, 0) is 11.2 Å². The Morgan fingerprint density at radius 1 is 1.40 bits per heavy atom. The molecule has 2 heterocycles. The molecule has 0 saturated carbocycles. The number of aromatic nitrogens is 1. The standard InChI is InChI=1S/C19H26N2O3.ClH/c1-21-9-4-5-15(21)11-14-13-20-18-8-7-16(12-17(14)18)24-10-3-2-6-19(22)23;/h7-8,12-13,15,20H,2-6,9-11H2,1H3,(H,22,23);1H. The van der Waals surface area contributed by atoms with Crippen LogP contribution in [0.5, 0.6) is 5.75 Å². The van der Waals surface area contributed by atoms with Crippen molar-refractivity contribution in [2.75, 3.05) is 20.2 Å². The quantitative estimate of drug-likeness (QED) is 0.696. The number of fused-ring (bicyclic) bond motifs is 1. The van der Waals surface area contributed by atoms with Crippen molar-refractivity contribution in [3.63, 3.8) is 0 Å². The Labute approximate surface area is 154 Å². The summed E-state index contributed by atoms with van der Waals surface area (Å²) in [7, 11) is 2.21. The molecule has 2 aromatic rings. The van der Waals surface area contributed by atoms with E-state index in [1.54, 1.807) is 0 Å². The van der Waals surface area contributed by atoms with Gasteiger partial charge in [0.05, 0.1) is 6.61 Å². The van der Waals surface area contributed by atoms with Crippen LogP contribution in [0.25, 0.3) is 10.9 Å². The second kappa shape index (κ2) is 9.11. The number of carboxylic acids is 1. The van der Waals surface area contributed by atoms with Crippen molar-refractivity contribution in [3.05, 3.63) is 30.0 Å². The smallest absolute Gasteiger partial charge is 0.303 e. The van der Waals surface area contributed by atoms with Crippen LogP contribution in [0.2, 0.25) is 0 Å². The first-order valence-corrected chi connectivity index (χ1v) is 8.78. The van der Waals surface area contributed by atoms with E-state index in [-0.39, 0.29) is 18.8 Å². The van der Waals surface area contributed by atoms with Crippen LogP contribution >= 0.6 is 12.4 Å². The minimum atomic E-state index is -0.745. The molecule has 5 nitrogen and oxygen atoms in total. The first-order valence-electron chi connectivity index (χ1n) is 8.78. The summed E-state index contributed by atoms with van der Waals surface area (Å²) in [5.74, 6) is 0.115. The number of hydrogen-bond donors (Lipinski definition) is 2. The maximum Gasteiger partial charge on any atom is 0.303 e. The first-order chi connectivity index (χ1) is 11.6. The van der Waals surface area contributed by atoms with Crippen molar-refractivity contribution in [1.82, 2.24) is 9.88 Å². The molecule has 1 unspecified atom stereocenters. The number of hydrogen-bond acceptors (Lipinski definition) is 3. The van der Waals surface area contributed by atoms with Crippen molar-refractivity contribution in [3.8, 4) is 5.75 Å². The summed E-state index contributed by atoms with van der Waals surface area (Å²) in [5.41, 5.74) is 2.49. The number of benzene rings is 1. The molecule has 1 saturated heterocycles. The largest absolute Gasteiger partial charge is 0.494 e. The zero-order valence-corrected chi connectivity index (χ0v) is 15.5. The predicted octanol–water partition coefficient (Wildman–Crippen LogP) is 3.86. The van der Waals surface area contributed by atoms with Crippen LogP contribution in [0, 0.1) is 0 Å². The first kappa shape index (κ1) is 19.6. The highest BCUT2D eigenvalue weighted by Gasteiger charge is 2.22. The Bertz CT molecular complexity index is 701. The Balaban J connectivity index is 0.00000225. The van der Waals surface area contributed by atoms with E-state index in [2.05, 4.69) is 35.3 Å². The molecule has 1 aromatic carbocycles. The van der Waals surface area contributed by atoms with Crippen LogP contribution in [0.4, 0.5) is 0 Å². The van der Waals surface area contributed by atoms with E-state index in [4.69, 9.17) is 9.84 Å². The minimum absolute atomic E-state index is 0. The van der Waals surface area contributed by atoms with Gasteiger partial charge in [0.25, 0.3) is 0 Å². The molecule has 3 rings (SSSR count). The molecular formula is C19H27ClN2O3. The van der Waals surface area contributed by atoms with Crippen LogP contribution < -0.4 is 4.74 Å². The Morgan fingerprint density at radius 3 is 2.96 bits per heavy atom. The molecule has 1 fully saturated rings. The average Bonchev–Trinajstić information content (AvgIpc) is 3.14. The monoisotopic (exact) mass is 366 g/mol. The topological polar surface area (TPSA) is 65.6 Å². The van der Waals surface area contributed by atoms with Crippen LogP contribution in [0.15, 0.2) is 24.4 Å². The lowest BCUT2D eigenvalue weighted by molar-refractivity contribution is -0.137. The normalized spacial score (nSPS) is 17.6. The number of nitrogens with zero attached hydrogens (tertiary/aromatic N) is 1. The second-order valence-corrected chi connectivity index (χ2v) is 6.70.